The molecule has 1 saturated heterocycles. The number of piperazine rings is 1. The van der Waals surface area contributed by atoms with Crippen LogP contribution in [0.15, 0.2) is 73.1 Å². The molecule has 0 unspecified atom stereocenters. The van der Waals surface area contributed by atoms with Crippen LogP contribution in [0.5, 0.6) is 0 Å². The Bertz CT molecular complexity index is 1180. The minimum Gasteiger partial charge on any atom is -0.358 e. The van der Waals surface area contributed by atoms with E-state index >= 15 is 0 Å². The van der Waals surface area contributed by atoms with Gasteiger partial charge in [0, 0.05) is 60.7 Å². The minimum absolute atomic E-state index is 0.144. The topological polar surface area (TPSA) is 65.1 Å². The van der Waals surface area contributed by atoms with E-state index in [9.17, 15) is 4.79 Å². The zero-order valence-electron chi connectivity index (χ0n) is 17.5. The number of carbonyl (C=O) groups excluding carboxylic acids is 1. The second-order valence-corrected chi connectivity index (χ2v) is 7.92. The summed E-state index contributed by atoms with van der Waals surface area (Å²) in [7, 11) is 0. The summed E-state index contributed by atoms with van der Waals surface area (Å²) >= 11 is 0. The predicted octanol–water partition coefficient (Wildman–Crippen LogP) is 4.01. The summed E-state index contributed by atoms with van der Waals surface area (Å²) in [5.74, 6) is 0.891. The van der Waals surface area contributed by atoms with Gasteiger partial charge in [-0.1, -0.05) is 48.5 Å². The molecule has 1 fully saturated rings. The highest BCUT2D eigenvalue weighted by Crippen LogP contribution is 2.31. The molecule has 0 radical (unpaired) electrons. The number of aromatic amines is 1. The maximum Gasteiger partial charge on any atom is 0.225 e. The minimum atomic E-state index is -0.321. The molecule has 0 bridgehead atoms. The Hall–Kier alpha value is -3.51. The van der Waals surface area contributed by atoms with E-state index < -0.39 is 0 Å². The molecule has 2 aromatic heterocycles. The summed E-state index contributed by atoms with van der Waals surface area (Å²) in [6, 6.07) is 19.6. The molecule has 31 heavy (non-hydrogen) atoms. The van der Waals surface area contributed by atoms with Crippen molar-refractivity contribution in [1.82, 2.24) is 19.9 Å². The molecule has 1 N–H and O–H groups in total. The smallest absolute Gasteiger partial charge is 0.225 e. The highest BCUT2D eigenvalue weighted by Gasteiger charge is 2.33. The van der Waals surface area contributed by atoms with E-state index in [-0.39, 0.29) is 11.8 Å². The monoisotopic (exact) mass is 411 g/mol. The zero-order chi connectivity index (χ0) is 21.2. The van der Waals surface area contributed by atoms with E-state index in [1.807, 2.05) is 55.5 Å². The Balaban J connectivity index is 1.47. The lowest BCUT2D eigenvalue weighted by Gasteiger charge is -2.38. The van der Waals surface area contributed by atoms with Crippen molar-refractivity contribution >= 4 is 22.6 Å². The number of fused-ring (bicyclic) bond motifs is 1. The molecule has 3 heterocycles. The van der Waals surface area contributed by atoms with Gasteiger partial charge in [0.05, 0.1) is 6.04 Å². The molecular formula is C25H25N5O. The first-order valence-electron chi connectivity index (χ1n) is 10.6. The number of hydrogen-bond donors (Lipinski definition) is 1. The van der Waals surface area contributed by atoms with Gasteiger partial charge in [-0.3, -0.25) is 9.69 Å². The van der Waals surface area contributed by atoms with Gasteiger partial charge >= 0.3 is 0 Å². The molecule has 0 amide bonds. The summed E-state index contributed by atoms with van der Waals surface area (Å²) in [6.07, 6.45) is 3.54. The third kappa shape index (κ3) is 3.70. The number of para-hydroxylation sites is 1. The second kappa shape index (κ2) is 8.32. The van der Waals surface area contributed by atoms with Gasteiger partial charge in [-0.15, -0.1) is 0 Å². The summed E-state index contributed by atoms with van der Waals surface area (Å²) in [5.41, 5.74) is 3.74. The number of carbonyl (C=O) groups is 1. The number of nitrogens with zero attached hydrogens (tertiary/aromatic N) is 4. The van der Waals surface area contributed by atoms with Gasteiger partial charge < -0.3 is 9.88 Å². The maximum absolute atomic E-state index is 14.0. The van der Waals surface area contributed by atoms with Crippen molar-refractivity contribution in [3.05, 3.63) is 89.9 Å². The fourth-order valence-corrected chi connectivity index (χ4v) is 4.53. The highest BCUT2D eigenvalue weighted by atomic mass is 16.1. The van der Waals surface area contributed by atoms with Crippen molar-refractivity contribution in [2.45, 2.75) is 13.0 Å². The Kier molecular flexibility index (Phi) is 5.22. The number of ketones is 1. The van der Waals surface area contributed by atoms with Crippen LogP contribution in [0.3, 0.4) is 0 Å². The van der Waals surface area contributed by atoms with Crippen LogP contribution >= 0.6 is 0 Å². The lowest BCUT2D eigenvalue weighted by molar-refractivity contribution is 0.0807. The number of hydrogen-bond acceptors (Lipinski definition) is 5. The highest BCUT2D eigenvalue weighted by molar-refractivity contribution is 6.11. The van der Waals surface area contributed by atoms with E-state index in [0.717, 1.165) is 59.9 Å². The first kappa shape index (κ1) is 19.5. The standard InChI is InChI=1S/C25H25N5O/c1-18-22(20-10-5-6-11-21(20)28-18)24(31)23(19-8-3-2-4-9-19)29-14-16-30(17-15-29)25-26-12-7-13-27-25/h2-13,23,28H,14-17H2,1H3/t23-/m0/s1. The van der Waals surface area contributed by atoms with Gasteiger partial charge in [-0.05, 0) is 24.6 Å². The predicted molar refractivity (Wildman–Crippen MR) is 122 cm³/mol. The average Bonchev–Trinajstić information content (AvgIpc) is 3.16. The van der Waals surface area contributed by atoms with Crippen molar-refractivity contribution < 1.29 is 4.79 Å². The summed E-state index contributed by atoms with van der Waals surface area (Å²) < 4.78 is 0. The lowest BCUT2D eigenvalue weighted by atomic mass is 9.93. The zero-order valence-corrected chi connectivity index (χ0v) is 17.5. The van der Waals surface area contributed by atoms with E-state index in [0.29, 0.717) is 0 Å². The summed E-state index contributed by atoms with van der Waals surface area (Å²) in [5, 5.41) is 0.988. The van der Waals surface area contributed by atoms with Crippen LogP contribution < -0.4 is 4.90 Å². The fraction of sp³-hybridized carbons (Fsp3) is 0.240. The number of anilines is 1. The van der Waals surface area contributed by atoms with E-state index in [1.165, 1.54) is 0 Å². The van der Waals surface area contributed by atoms with Crippen LogP contribution in [0.2, 0.25) is 0 Å². The molecule has 6 heteroatoms. The van der Waals surface area contributed by atoms with E-state index in [2.05, 4.69) is 36.9 Å². The largest absolute Gasteiger partial charge is 0.358 e. The Morgan fingerprint density at radius 3 is 2.32 bits per heavy atom. The quantitative estimate of drug-likeness (QED) is 0.503. The summed E-state index contributed by atoms with van der Waals surface area (Å²) in [6.45, 7) is 5.09. The van der Waals surface area contributed by atoms with Crippen molar-refractivity contribution in [2.75, 3.05) is 31.1 Å². The molecule has 6 nitrogen and oxygen atoms in total. The van der Waals surface area contributed by atoms with E-state index in [1.54, 1.807) is 12.4 Å². The molecule has 5 rings (SSSR count). The van der Waals surface area contributed by atoms with Crippen LogP contribution in [0.25, 0.3) is 10.9 Å². The molecule has 0 spiro atoms. The number of benzene rings is 2. The van der Waals surface area contributed by atoms with Crippen molar-refractivity contribution in [3.8, 4) is 0 Å². The Morgan fingerprint density at radius 1 is 0.903 bits per heavy atom. The maximum atomic E-state index is 14.0. The molecule has 1 aliphatic heterocycles. The molecule has 2 aromatic carbocycles. The number of rotatable bonds is 5. The number of aryl methyl sites for hydroxylation is 1. The third-order valence-electron chi connectivity index (χ3n) is 6.02. The first-order chi connectivity index (χ1) is 15.2. The average molecular weight is 412 g/mol. The SMILES string of the molecule is Cc1[nH]c2ccccc2c1C(=O)[C@H](c1ccccc1)N1CCN(c2ncccn2)CC1. The number of aromatic nitrogens is 3. The lowest BCUT2D eigenvalue weighted by Crippen LogP contribution is -2.49. The molecular weight excluding hydrogens is 386 g/mol. The molecule has 1 atom stereocenters. The van der Waals surface area contributed by atoms with Crippen LogP contribution in [-0.4, -0.2) is 51.8 Å². The van der Waals surface area contributed by atoms with Crippen LogP contribution in [0, 0.1) is 6.92 Å². The van der Waals surface area contributed by atoms with Gasteiger partial charge in [0.25, 0.3) is 0 Å². The number of H-pyrrole nitrogens is 1. The number of Topliss-reactive ketones (excluding diaryl/α,β-unsaturated/α-hetero) is 1. The molecule has 1 aliphatic rings. The third-order valence-corrected chi connectivity index (χ3v) is 6.02. The van der Waals surface area contributed by atoms with Gasteiger partial charge in [0.2, 0.25) is 5.95 Å². The normalized spacial score (nSPS) is 15.8. The Morgan fingerprint density at radius 2 is 1.58 bits per heavy atom. The molecule has 156 valence electrons. The van der Waals surface area contributed by atoms with Crippen LogP contribution in [0.4, 0.5) is 5.95 Å². The molecule has 0 aliphatic carbocycles. The fourth-order valence-electron chi connectivity index (χ4n) is 4.53. The van der Waals surface area contributed by atoms with Gasteiger partial charge in [0.1, 0.15) is 0 Å². The van der Waals surface area contributed by atoms with Crippen molar-refractivity contribution in [1.29, 1.82) is 0 Å². The summed E-state index contributed by atoms with van der Waals surface area (Å²) in [4.78, 5) is 30.6. The van der Waals surface area contributed by atoms with Gasteiger partial charge in [0.15, 0.2) is 5.78 Å². The van der Waals surface area contributed by atoms with Gasteiger partial charge in [-0.2, -0.15) is 0 Å². The second-order valence-electron chi connectivity index (χ2n) is 7.92. The first-order valence-corrected chi connectivity index (χ1v) is 10.6. The van der Waals surface area contributed by atoms with Crippen molar-refractivity contribution in [3.63, 3.8) is 0 Å². The van der Waals surface area contributed by atoms with Crippen molar-refractivity contribution in [2.24, 2.45) is 0 Å². The molecule has 0 saturated carbocycles. The Labute approximate surface area is 181 Å². The molecule has 4 aromatic rings. The van der Waals surface area contributed by atoms with Crippen LogP contribution in [-0.2, 0) is 0 Å². The number of nitrogens with one attached hydrogen (secondary N) is 1. The van der Waals surface area contributed by atoms with Crippen LogP contribution in [0.1, 0.15) is 27.7 Å². The van der Waals surface area contributed by atoms with E-state index in [4.69, 9.17) is 0 Å². The van der Waals surface area contributed by atoms with Gasteiger partial charge in [-0.25, -0.2) is 9.97 Å².